The molecule has 9 heteroatoms. The van der Waals surface area contributed by atoms with Crippen LogP contribution in [-0.4, -0.2) is 32.6 Å². The summed E-state index contributed by atoms with van der Waals surface area (Å²) >= 11 is 5.86. The number of carbonyl (C=O) groups is 2. The number of methoxy groups -OCH3 is 1. The fourth-order valence-electron chi connectivity index (χ4n) is 1.84. The highest BCUT2D eigenvalue weighted by Gasteiger charge is 2.20. The summed E-state index contributed by atoms with van der Waals surface area (Å²) in [5.74, 6) is -1.83. The summed E-state index contributed by atoms with van der Waals surface area (Å²) in [6, 6.07) is 8.89. The zero-order chi connectivity index (χ0) is 17.9. The van der Waals surface area contributed by atoms with E-state index in [9.17, 15) is 18.0 Å². The Bertz CT molecular complexity index is 893. The number of carboxylic acid groups (broad SMARTS) is 1. The first-order valence-electron chi connectivity index (χ1n) is 6.48. The Labute approximate surface area is 142 Å². The highest BCUT2D eigenvalue weighted by Crippen LogP contribution is 2.25. The highest BCUT2D eigenvalue weighted by atomic mass is 35.5. The van der Waals surface area contributed by atoms with E-state index >= 15 is 0 Å². The van der Waals surface area contributed by atoms with Crippen molar-refractivity contribution < 1.29 is 27.9 Å². The Morgan fingerprint density at radius 3 is 2.21 bits per heavy atom. The predicted molar refractivity (Wildman–Crippen MR) is 87.0 cm³/mol. The van der Waals surface area contributed by atoms with E-state index in [1.54, 1.807) is 0 Å². The van der Waals surface area contributed by atoms with Crippen LogP contribution in [0.2, 0.25) is 5.02 Å². The van der Waals surface area contributed by atoms with Gasteiger partial charge in [-0.1, -0.05) is 11.6 Å². The summed E-state index contributed by atoms with van der Waals surface area (Å²) in [4.78, 5) is 22.0. The third kappa shape index (κ3) is 3.84. The predicted octanol–water partition coefficient (Wildman–Crippen LogP) is 2.63. The largest absolute Gasteiger partial charge is 0.478 e. The Morgan fingerprint density at radius 2 is 1.67 bits per heavy atom. The molecule has 126 valence electrons. The molecule has 0 unspecified atom stereocenters. The molecule has 0 saturated heterocycles. The van der Waals surface area contributed by atoms with Gasteiger partial charge in [0.1, 0.15) is 4.90 Å². The topological polar surface area (TPSA) is 110 Å². The average Bonchev–Trinajstić information content (AvgIpc) is 2.54. The van der Waals surface area contributed by atoms with Crippen molar-refractivity contribution in [1.29, 1.82) is 0 Å². The molecule has 0 spiro atoms. The van der Waals surface area contributed by atoms with Crippen molar-refractivity contribution in [3.05, 3.63) is 58.6 Å². The average molecular weight is 370 g/mol. The Morgan fingerprint density at radius 1 is 1.08 bits per heavy atom. The number of rotatable bonds is 5. The molecule has 0 amide bonds. The van der Waals surface area contributed by atoms with Crippen molar-refractivity contribution in [3.8, 4) is 0 Å². The zero-order valence-electron chi connectivity index (χ0n) is 12.3. The smallest absolute Gasteiger partial charge is 0.337 e. The molecule has 0 fully saturated rings. The molecule has 2 aromatic rings. The minimum Gasteiger partial charge on any atom is -0.478 e. The van der Waals surface area contributed by atoms with Crippen molar-refractivity contribution >= 4 is 39.3 Å². The minimum absolute atomic E-state index is 0.112. The lowest BCUT2D eigenvalue weighted by Crippen LogP contribution is -2.14. The normalized spacial score (nSPS) is 10.9. The second-order valence-electron chi connectivity index (χ2n) is 4.62. The maximum Gasteiger partial charge on any atom is 0.337 e. The first kappa shape index (κ1) is 17.8. The number of halogens is 1. The van der Waals surface area contributed by atoms with Gasteiger partial charge in [-0.2, -0.15) is 0 Å². The molecule has 0 atom stereocenters. The molecule has 0 heterocycles. The van der Waals surface area contributed by atoms with Crippen LogP contribution >= 0.6 is 11.6 Å². The molecule has 0 radical (unpaired) electrons. The Hall–Kier alpha value is -2.58. The molecular formula is C15H12ClNO6S. The number of hydrogen-bond donors (Lipinski definition) is 2. The van der Waals surface area contributed by atoms with E-state index in [-0.39, 0.29) is 26.7 Å². The molecule has 0 aliphatic rings. The highest BCUT2D eigenvalue weighted by molar-refractivity contribution is 7.92. The van der Waals surface area contributed by atoms with Crippen LogP contribution in [0, 0.1) is 0 Å². The summed E-state index contributed by atoms with van der Waals surface area (Å²) in [5, 5.41) is 8.85. The SMILES string of the molecule is COC(=O)c1ccc(NS(=O)(=O)c2cc(C(=O)O)ccc2Cl)cc1. The van der Waals surface area contributed by atoms with Crippen molar-refractivity contribution in [2.75, 3.05) is 11.8 Å². The van der Waals surface area contributed by atoms with Crippen LogP contribution in [0.4, 0.5) is 5.69 Å². The van der Waals surface area contributed by atoms with Crippen LogP contribution in [0.1, 0.15) is 20.7 Å². The number of benzene rings is 2. The molecule has 7 nitrogen and oxygen atoms in total. The second kappa shape index (κ2) is 6.90. The number of carbonyl (C=O) groups excluding carboxylic acids is 1. The molecular weight excluding hydrogens is 358 g/mol. The molecule has 2 aromatic carbocycles. The van der Waals surface area contributed by atoms with Gasteiger partial charge >= 0.3 is 11.9 Å². The first-order valence-corrected chi connectivity index (χ1v) is 8.35. The molecule has 24 heavy (non-hydrogen) atoms. The van der Waals surface area contributed by atoms with Crippen molar-refractivity contribution in [1.82, 2.24) is 0 Å². The molecule has 0 aromatic heterocycles. The summed E-state index contributed by atoms with van der Waals surface area (Å²) < 4.78 is 31.6. The van der Waals surface area contributed by atoms with Crippen LogP contribution < -0.4 is 4.72 Å². The number of sulfonamides is 1. The van der Waals surface area contributed by atoms with Gasteiger partial charge in [-0.15, -0.1) is 0 Å². The fourth-order valence-corrected chi connectivity index (χ4v) is 3.43. The Kier molecular flexibility index (Phi) is 5.10. The van der Waals surface area contributed by atoms with Crippen LogP contribution in [0.5, 0.6) is 0 Å². The van der Waals surface area contributed by atoms with Gasteiger partial charge in [-0.3, -0.25) is 4.72 Å². The Balaban J connectivity index is 2.33. The minimum atomic E-state index is -4.10. The number of hydrogen-bond acceptors (Lipinski definition) is 5. The molecule has 2 rings (SSSR count). The second-order valence-corrected chi connectivity index (χ2v) is 6.68. The van der Waals surface area contributed by atoms with E-state index in [1.807, 2.05) is 0 Å². The van der Waals surface area contributed by atoms with Gasteiger partial charge in [0.25, 0.3) is 10.0 Å². The quantitative estimate of drug-likeness (QED) is 0.784. The lowest BCUT2D eigenvalue weighted by Gasteiger charge is -2.10. The fraction of sp³-hybridized carbons (Fsp3) is 0.0667. The number of anilines is 1. The van der Waals surface area contributed by atoms with Crippen molar-refractivity contribution in [3.63, 3.8) is 0 Å². The van der Waals surface area contributed by atoms with Gasteiger partial charge in [0, 0.05) is 5.69 Å². The summed E-state index contributed by atoms with van der Waals surface area (Å²) in [7, 11) is -2.87. The van der Waals surface area contributed by atoms with Crippen LogP contribution in [-0.2, 0) is 14.8 Å². The van der Waals surface area contributed by atoms with E-state index in [2.05, 4.69) is 9.46 Å². The van der Waals surface area contributed by atoms with E-state index in [0.29, 0.717) is 0 Å². The third-order valence-electron chi connectivity index (χ3n) is 3.03. The van der Waals surface area contributed by atoms with Gasteiger partial charge < -0.3 is 9.84 Å². The van der Waals surface area contributed by atoms with Gasteiger partial charge in [-0.25, -0.2) is 18.0 Å². The maximum atomic E-state index is 12.4. The molecule has 0 aliphatic heterocycles. The van der Waals surface area contributed by atoms with E-state index in [1.165, 1.54) is 43.5 Å². The van der Waals surface area contributed by atoms with Crippen LogP contribution in [0.25, 0.3) is 0 Å². The standard InChI is InChI=1S/C15H12ClNO6S/c1-23-15(20)9-2-5-11(6-3-9)17-24(21,22)13-8-10(14(18)19)4-7-12(13)16/h2-8,17H,1H3,(H,18,19). The van der Waals surface area contributed by atoms with Crippen LogP contribution in [0.15, 0.2) is 47.4 Å². The van der Waals surface area contributed by atoms with Crippen LogP contribution in [0.3, 0.4) is 0 Å². The van der Waals surface area contributed by atoms with Gasteiger partial charge in [-0.05, 0) is 42.5 Å². The number of ether oxygens (including phenoxy) is 1. The lowest BCUT2D eigenvalue weighted by molar-refractivity contribution is 0.0600. The lowest BCUT2D eigenvalue weighted by atomic mass is 10.2. The van der Waals surface area contributed by atoms with E-state index in [0.717, 1.165) is 6.07 Å². The van der Waals surface area contributed by atoms with Gasteiger partial charge in [0.2, 0.25) is 0 Å². The number of aromatic carboxylic acids is 1. The summed E-state index contributed by atoms with van der Waals surface area (Å²) in [5.41, 5.74) is 0.228. The third-order valence-corrected chi connectivity index (χ3v) is 4.89. The van der Waals surface area contributed by atoms with E-state index < -0.39 is 22.0 Å². The first-order chi connectivity index (χ1) is 11.2. The maximum absolute atomic E-state index is 12.4. The monoisotopic (exact) mass is 369 g/mol. The number of carboxylic acids is 1. The summed E-state index contributed by atoms with van der Waals surface area (Å²) in [6.45, 7) is 0. The van der Waals surface area contributed by atoms with E-state index in [4.69, 9.17) is 16.7 Å². The van der Waals surface area contributed by atoms with Gasteiger partial charge in [0.15, 0.2) is 0 Å². The molecule has 0 bridgehead atoms. The number of esters is 1. The molecule has 2 N–H and O–H groups in total. The van der Waals surface area contributed by atoms with Gasteiger partial charge in [0.05, 0.1) is 23.3 Å². The summed E-state index contributed by atoms with van der Waals surface area (Å²) in [6.07, 6.45) is 0. The van der Waals surface area contributed by atoms with Crippen molar-refractivity contribution in [2.45, 2.75) is 4.90 Å². The molecule has 0 saturated carbocycles. The zero-order valence-corrected chi connectivity index (χ0v) is 13.9. The molecule has 0 aliphatic carbocycles. The number of nitrogens with one attached hydrogen (secondary N) is 1. The van der Waals surface area contributed by atoms with Crippen molar-refractivity contribution in [2.24, 2.45) is 0 Å².